The summed E-state index contributed by atoms with van der Waals surface area (Å²) in [6.07, 6.45) is 4.87. The average molecular weight is 297 g/mol. The van der Waals surface area contributed by atoms with E-state index in [4.69, 9.17) is 8.83 Å². The highest BCUT2D eigenvalue weighted by Crippen LogP contribution is 2.26. The van der Waals surface area contributed by atoms with E-state index in [2.05, 4.69) is 10.3 Å². The van der Waals surface area contributed by atoms with Gasteiger partial charge in [-0.1, -0.05) is 6.07 Å². The van der Waals surface area contributed by atoms with Gasteiger partial charge in [0.25, 0.3) is 11.8 Å². The fourth-order valence-corrected chi connectivity index (χ4v) is 1.98. The van der Waals surface area contributed by atoms with Crippen LogP contribution < -0.4 is 5.32 Å². The van der Waals surface area contributed by atoms with Gasteiger partial charge in [0.1, 0.15) is 5.52 Å². The van der Waals surface area contributed by atoms with Crippen molar-refractivity contribution >= 4 is 17.0 Å². The SMILES string of the molecule is CN(C)C=CNC(=O)c1cccc2oc(-c3ccco3)nc12. The van der Waals surface area contributed by atoms with Crippen LogP contribution >= 0.6 is 0 Å². The number of hydrogen-bond acceptors (Lipinski definition) is 5. The van der Waals surface area contributed by atoms with Crippen molar-refractivity contribution in [2.24, 2.45) is 0 Å². The molecule has 0 fully saturated rings. The van der Waals surface area contributed by atoms with Crippen molar-refractivity contribution in [2.75, 3.05) is 14.1 Å². The number of carbonyl (C=O) groups is 1. The molecule has 0 atom stereocenters. The minimum Gasteiger partial charge on any atom is -0.459 e. The molecule has 6 nitrogen and oxygen atoms in total. The van der Waals surface area contributed by atoms with Crippen LogP contribution in [0.15, 0.2) is 57.8 Å². The van der Waals surface area contributed by atoms with Gasteiger partial charge in [-0.25, -0.2) is 4.98 Å². The van der Waals surface area contributed by atoms with Crippen molar-refractivity contribution < 1.29 is 13.6 Å². The first kappa shape index (κ1) is 13.9. The molecule has 2 heterocycles. The molecule has 0 aliphatic carbocycles. The van der Waals surface area contributed by atoms with E-state index in [9.17, 15) is 4.79 Å². The number of amides is 1. The Hall–Kier alpha value is -3.02. The molecule has 0 aliphatic heterocycles. The monoisotopic (exact) mass is 297 g/mol. The summed E-state index contributed by atoms with van der Waals surface area (Å²) in [5.74, 6) is 0.627. The minimum absolute atomic E-state index is 0.247. The van der Waals surface area contributed by atoms with E-state index in [-0.39, 0.29) is 5.91 Å². The molecule has 1 aromatic carbocycles. The normalized spacial score (nSPS) is 11.2. The zero-order valence-corrected chi connectivity index (χ0v) is 12.2. The molecule has 112 valence electrons. The molecule has 1 N–H and O–H groups in total. The Morgan fingerprint density at radius 1 is 1.27 bits per heavy atom. The van der Waals surface area contributed by atoms with Crippen LogP contribution in [0.4, 0.5) is 0 Å². The van der Waals surface area contributed by atoms with Crippen molar-refractivity contribution in [3.8, 4) is 11.7 Å². The molecule has 6 heteroatoms. The summed E-state index contributed by atoms with van der Waals surface area (Å²) in [7, 11) is 3.74. The van der Waals surface area contributed by atoms with E-state index < -0.39 is 0 Å². The molecule has 0 aliphatic rings. The molecular formula is C16H15N3O3. The summed E-state index contributed by atoms with van der Waals surface area (Å²) < 4.78 is 10.9. The third-order valence-electron chi connectivity index (χ3n) is 2.98. The number of hydrogen-bond donors (Lipinski definition) is 1. The molecule has 0 unspecified atom stereocenters. The van der Waals surface area contributed by atoms with Crippen molar-refractivity contribution in [1.82, 2.24) is 15.2 Å². The smallest absolute Gasteiger partial charge is 0.263 e. The maximum absolute atomic E-state index is 12.2. The van der Waals surface area contributed by atoms with Crippen LogP contribution in [0.2, 0.25) is 0 Å². The summed E-state index contributed by atoms with van der Waals surface area (Å²) in [6.45, 7) is 0. The summed E-state index contributed by atoms with van der Waals surface area (Å²) in [6, 6.07) is 8.73. The van der Waals surface area contributed by atoms with Gasteiger partial charge in [-0.15, -0.1) is 0 Å². The first-order valence-corrected chi connectivity index (χ1v) is 6.72. The molecule has 0 bridgehead atoms. The van der Waals surface area contributed by atoms with E-state index >= 15 is 0 Å². The third-order valence-corrected chi connectivity index (χ3v) is 2.98. The van der Waals surface area contributed by atoms with Crippen molar-refractivity contribution in [2.45, 2.75) is 0 Å². The summed E-state index contributed by atoms with van der Waals surface area (Å²) in [4.78, 5) is 18.4. The number of aromatic nitrogens is 1. The number of carbonyl (C=O) groups excluding carboxylic acids is 1. The quantitative estimate of drug-likeness (QED) is 0.801. The molecule has 3 rings (SSSR count). The molecule has 1 amide bonds. The lowest BCUT2D eigenvalue weighted by atomic mass is 10.2. The lowest BCUT2D eigenvalue weighted by molar-refractivity contribution is 0.0971. The molecule has 0 radical (unpaired) electrons. The van der Waals surface area contributed by atoms with Gasteiger partial charge in [0.2, 0.25) is 0 Å². The van der Waals surface area contributed by atoms with Gasteiger partial charge in [0.15, 0.2) is 11.3 Å². The van der Waals surface area contributed by atoms with Crippen LogP contribution in [0.1, 0.15) is 10.4 Å². The number of oxazole rings is 1. The summed E-state index contributed by atoms with van der Waals surface area (Å²) in [5, 5.41) is 2.70. The number of furan rings is 1. The van der Waals surface area contributed by atoms with Crippen LogP contribution in [-0.2, 0) is 0 Å². The number of nitrogens with zero attached hydrogens (tertiary/aromatic N) is 2. The van der Waals surface area contributed by atoms with E-state index in [1.54, 1.807) is 49.0 Å². The Morgan fingerprint density at radius 3 is 2.86 bits per heavy atom. The van der Waals surface area contributed by atoms with E-state index in [0.29, 0.717) is 28.3 Å². The zero-order chi connectivity index (χ0) is 15.5. The maximum Gasteiger partial charge on any atom is 0.263 e. The highest BCUT2D eigenvalue weighted by Gasteiger charge is 2.16. The van der Waals surface area contributed by atoms with Crippen molar-refractivity contribution in [1.29, 1.82) is 0 Å². The topological polar surface area (TPSA) is 71.5 Å². The molecule has 2 aromatic heterocycles. The molecule has 0 saturated heterocycles. The van der Waals surface area contributed by atoms with Crippen LogP contribution in [-0.4, -0.2) is 29.9 Å². The van der Waals surface area contributed by atoms with Gasteiger partial charge in [-0.05, 0) is 24.3 Å². The Morgan fingerprint density at radius 2 is 2.14 bits per heavy atom. The summed E-state index contributed by atoms with van der Waals surface area (Å²) in [5.41, 5.74) is 1.49. The van der Waals surface area contributed by atoms with Crippen molar-refractivity contribution in [3.05, 3.63) is 54.6 Å². The Kier molecular flexibility index (Phi) is 3.65. The molecule has 0 saturated carbocycles. The number of benzene rings is 1. The number of para-hydroxylation sites is 1. The Balaban J connectivity index is 1.95. The Labute approximate surface area is 127 Å². The molecule has 22 heavy (non-hydrogen) atoms. The summed E-state index contributed by atoms with van der Waals surface area (Å²) >= 11 is 0. The highest BCUT2D eigenvalue weighted by molar-refractivity contribution is 6.05. The average Bonchev–Trinajstić information content (AvgIpc) is 3.14. The highest BCUT2D eigenvalue weighted by atomic mass is 16.4. The zero-order valence-electron chi connectivity index (χ0n) is 12.2. The van der Waals surface area contributed by atoms with E-state index in [1.165, 1.54) is 0 Å². The molecule has 0 spiro atoms. The van der Waals surface area contributed by atoms with Crippen molar-refractivity contribution in [3.63, 3.8) is 0 Å². The predicted molar refractivity (Wildman–Crippen MR) is 82.0 cm³/mol. The lowest BCUT2D eigenvalue weighted by Crippen LogP contribution is -2.18. The maximum atomic E-state index is 12.2. The van der Waals surface area contributed by atoms with Gasteiger partial charge >= 0.3 is 0 Å². The van der Waals surface area contributed by atoms with Crippen LogP contribution in [0.3, 0.4) is 0 Å². The second kappa shape index (κ2) is 5.77. The second-order valence-electron chi connectivity index (χ2n) is 4.90. The molecule has 3 aromatic rings. The first-order chi connectivity index (χ1) is 10.6. The standard InChI is InChI=1S/C16H15N3O3/c1-19(2)9-8-17-15(20)11-5-3-6-12-14(11)18-16(22-12)13-7-4-10-21-13/h3-10H,1-2H3,(H,17,20). The van der Waals surface area contributed by atoms with E-state index in [0.717, 1.165) is 0 Å². The number of nitrogens with one attached hydrogen (secondary N) is 1. The fraction of sp³-hybridized carbons (Fsp3) is 0.125. The lowest BCUT2D eigenvalue weighted by Gasteiger charge is -2.04. The third kappa shape index (κ3) is 2.71. The van der Waals surface area contributed by atoms with E-state index in [1.807, 2.05) is 19.0 Å². The molecular weight excluding hydrogens is 282 g/mol. The fourth-order valence-electron chi connectivity index (χ4n) is 1.98. The predicted octanol–water partition coefficient (Wildman–Crippen LogP) is 2.85. The number of fused-ring (bicyclic) bond motifs is 1. The van der Waals surface area contributed by atoms with Crippen LogP contribution in [0.25, 0.3) is 22.8 Å². The van der Waals surface area contributed by atoms with Gasteiger partial charge in [0.05, 0.1) is 11.8 Å². The minimum atomic E-state index is -0.247. The van der Waals surface area contributed by atoms with Crippen LogP contribution in [0.5, 0.6) is 0 Å². The van der Waals surface area contributed by atoms with Gasteiger partial charge < -0.3 is 19.1 Å². The van der Waals surface area contributed by atoms with Crippen LogP contribution in [0, 0.1) is 0 Å². The largest absolute Gasteiger partial charge is 0.459 e. The van der Waals surface area contributed by atoms with Gasteiger partial charge in [0, 0.05) is 26.5 Å². The Bertz CT molecular complexity index is 816. The second-order valence-corrected chi connectivity index (χ2v) is 4.90. The van der Waals surface area contributed by atoms with Gasteiger partial charge in [-0.2, -0.15) is 0 Å². The van der Waals surface area contributed by atoms with Gasteiger partial charge in [-0.3, -0.25) is 4.79 Å². The number of rotatable bonds is 4. The first-order valence-electron chi connectivity index (χ1n) is 6.72.